The molecule has 0 bridgehead atoms. The predicted octanol–water partition coefficient (Wildman–Crippen LogP) is 1.60. The average molecular weight is 429 g/mol. The summed E-state index contributed by atoms with van der Waals surface area (Å²) in [6, 6.07) is 7.18. The van der Waals surface area contributed by atoms with E-state index in [-0.39, 0.29) is 23.8 Å². The molecule has 4 rings (SSSR count). The van der Waals surface area contributed by atoms with Gasteiger partial charge in [-0.3, -0.25) is 19.3 Å². The molecular weight excluding hydrogens is 396 g/mol. The van der Waals surface area contributed by atoms with Crippen molar-refractivity contribution in [1.82, 2.24) is 4.90 Å². The smallest absolute Gasteiger partial charge is 0.313 e. The standard InChI is InChI=1S/C23H32N4O4/c1-15(26-12-16-10-23(14-24,22(30)31-2)11-17(16)13-26)21(29)25-18-5-3-6-19(9-18)27-8-4-7-20(27)28/h3,5-6,9,15-17H,4,7-8,10-14,24H2,1-2H3,(H,25,29). The summed E-state index contributed by atoms with van der Waals surface area (Å²) >= 11 is 0. The molecule has 3 fully saturated rings. The lowest BCUT2D eigenvalue weighted by Crippen LogP contribution is -2.43. The first-order valence-corrected chi connectivity index (χ1v) is 11.1. The van der Waals surface area contributed by atoms with Crippen LogP contribution in [0.2, 0.25) is 0 Å². The first-order chi connectivity index (χ1) is 14.9. The van der Waals surface area contributed by atoms with Gasteiger partial charge in [-0.05, 0) is 56.2 Å². The predicted molar refractivity (Wildman–Crippen MR) is 117 cm³/mol. The Morgan fingerprint density at radius 3 is 2.58 bits per heavy atom. The Morgan fingerprint density at radius 2 is 2.00 bits per heavy atom. The molecule has 2 amide bonds. The SMILES string of the molecule is COC(=O)C1(CN)CC2CN(C(C)C(=O)Nc3cccc(N4CCCC4=O)c3)CC2C1. The van der Waals surface area contributed by atoms with Gasteiger partial charge in [0.2, 0.25) is 11.8 Å². The molecule has 3 N–H and O–H groups in total. The highest BCUT2D eigenvalue weighted by atomic mass is 16.5. The largest absolute Gasteiger partial charge is 0.469 e. The quantitative estimate of drug-likeness (QED) is 0.667. The van der Waals surface area contributed by atoms with Gasteiger partial charge in [0.15, 0.2) is 0 Å². The molecule has 2 saturated heterocycles. The number of nitrogens with two attached hydrogens (primary N) is 1. The fourth-order valence-corrected chi connectivity index (χ4v) is 5.56. The zero-order chi connectivity index (χ0) is 22.2. The minimum absolute atomic E-state index is 0.0667. The lowest BCUT2D eigenvalue weighted by atomic mass is 9.84. The van der Waals surface area contributed by atoms with Crippen molar-refractivity contribution in [3.63, 3.8) is 0 Å². The van der Waals surface area contributed by atoms with Crippen molar-refractivity contribution in [2.45, 2.75) is 38.6 Å². The van der Waals surface area contributed by atoms with E-state index >= 15 is 0 Å². The number of carbonyl (C=O) groups excluding carboxylic acids is 3. The van der Waals surface area contributed by atoms with Gasteiger partial charge in [0, 0.05) is 44.0 Å². The summed E-state index contributed by atoms with van der Waals surface area (Å²) in [5, 5.41) is 3.01. The third kappa shape index (κ3) is 4.06. The molecule has 1 aromatic rings. The van der Waals surface area contributed by atoms with Crippen LogP contribution in [-0.2, 0) is 19.1 Å². The van der Waals surface area contributed by atoms with Gasteiger partial charge in [0.25, 0.3) is 0 Å². The first kappa shape index (κ1) is 21.8. The van der Waals surface area contributed by atoms with Crippen LogP contribution in [0.5, 0.6) is 0 Å². The van der Waals surface area contributed by atoms with Gasteiger partial charge in [-0.15, -0.1) is 0 Å². The van der Waals surface area contributed by atoms with Gasteiger partial charge >= 0.3 is 5.97 Å². The normalized spacial score (nSPS) is 29.1. The number of fused-ring (bicyclic) bond motifs is 1. The van der Waals surface area contributed by atoms with Crippen molar-refractivity contribution in [3.05, 3.63) is 24.3 Å². The molecule has 3 unspecified atom stereocenters. The number of rotatable bonds is 6. The average Bonchev–Trinajstić information content (AvgIpc) is 3.46. The number of hydrogen-bond acceptors (Lipinski definition) is 6. The van der Waals surface area contributed by atoms with Crippen LogP contribution in [0, 0.1) is 17.3 Å². The number of esters is 1. The van der Waals surface area contributed by atoms with Crippen LogP contribution < -0.4 is 16.0 Å². The molecule has 0 aromatic heterocycles. The fraction of sp³-hybridized carbons (Fsp3) is 0.609. The Labute approximate surface area is 183 Å². The van der Waals surface area contributed by atoms with E-state index < -0.39 is 5.41 Å². The first-order valence-electron chi connectivity index (χ1n) is 11.1. The van der Waals surface area contributed by atoms with E-state index in [4.69, 9.17) is 10.5 Å². The van der Waals surface area contributed by atoms with Gasteiger partial charge < -0.3 is 20.7 Å². The molecule has 8 nitrogen and oxygen atoms in total. The van der Waals surface area contributed by atoms with E-state index in [1.165, 1.54) is 7.11 Å². The Balaban J connectivity index is 1.36. The summed E-state index contributed by atoms with van der Waals surface area (Å²) in [6.07, 6.45) is 2.88. The summed E-state index contributed by atoms with van der Waals surface area (Å²) < 4.78 is 5.00. The molecule has 2 heterocycles. The van der Waals surface area contributed by atoms with Gasteiger partial charge in [0.05, 0.1) is 18.6 Å². The zero-order valence-electron chi connectivity index (χ0n) is 18.3. The van der Waals surface area contributed by atoms with Gasteiger partial charge in [-0.2, -0.15) is 0 Å². The summed E-state index contributed by atoms with van der Waals surface area (Å²) in [6.45, 7) is 4.50. The summed E-state index contributed by atoms with van der Waals surface area (Å²) in [5.74, 6) is 0.548. The highest BCUT2D eigenvalue weighted by Gasteiger charge is 2.53. The minimum Gasteiger partial charge on any atom is -0.469 e. The maximum Gasteiger partial charge on any atom is 0.313 e. The topological polar surface area (TPSA) is 105 Å². The summed E-state index contributed by atoms with van der Waals surface area (Å²) in [4.78, 5) is 41.2. The van der Waals surface area contributed by atoms with Crippen molar-refractivity contribution < 1.29 is 19.1 Å². The van der Waals surface area contributed by atoms with Crippen LogP contribution >= 0.6 is 0 Å². The van der Waals surface area contributed by atoms with E-state index in [0.29, 0.717) is 30.5 Å². The fourth-order valence-electron chi connectivity index (χ4n) is 5.56. The van der Waals surface area contributed by atoms with E-state index in [1.807, 2.05) is 31.2 Å². The van der Waals surface area contributed by atoms with Crippen LogP contribution in [0.15, 0.2) is 24.3 Å². The number of nitrogens with one attached hydrogen (secondary N) is 1. The van der Waals surface area contributed by atoms with Crippen molar-refractivity contribution >= 4 is 29.2 Å². The van der Waals surface area contributed by atoms with Gasteiger partial charge in [-0.1, -0.05) is 6.07 Å². The number of carbonyl (C=O) groups is 3. The van der Waals surface area contributed by atoms with Crippen LogP contribution in [0.3, 0.4) is 0 Å². The lowest BCUT2D eigenvalue weighted by molar-refractivity contribution is -0.152. The maximum atomic E-state index is 12.9. The van der Waals surface area contributed by atoms with Crippen LogP contribution in [0.25, 0.3) is 0 Å². The third-order valence-electron chi connectivity index (χ3n) is 7.35. The molecule has 3 atom stereocenters. The summed E-state index contributed by atoms with van der Waals surface area (Å²) in [7, 11) is 1.42. The van der Waals surface area contributed by atoms with E-state index in [9.17, 15) is 14.4 Å². The molecule has 168 valence electrons. The zero-order valence-corrected chi connectivity index (χ0v) is 18.3. The molecule has 2 aliphatic heterocycles. The lowest BCUT2D eigenvalue weighted by Gasteiger charge is -2.29. The molecule has 0 spiro atoms. The number of likely N-dealkylation sites (tertiary alicyclic amines) is 1. The van der Waals surface area contributed by atoms with Crippen LogP contribution in [-0.4, -0.2) is 62.0 Å². The second-order valence-electron chi connectivity index (χ2n) is 9.22. The van der Waals surface area contributed by atoms with Crippen molar-refractivity contribution in [3.8, 4) is 0 Å². The van der Waals surface area contributed by atoms with Gasteiger partial charge in [-0.25, -0.2) is 0 Å². The van der Waals surface area contributed by atoms with Crippen LogP contribution in [0.4, 0.5) is 11.4 Å². The van der Waals surface area contributed by atoms with Crippen molar-refractivity contribution in [2.75, 3.05) is 43.5 Å². The van der Waals surface area contributed by atoms with E-state index in [1.54, 1.807) is 4.90 Å². The molecule has 0 radical (unpaired) electrons. The number of ether oxygens (including phenoxy) is 1. The number of methoxy groups -OCH3 is 1. The number of benzene rings is 1. The van der Waals surface area contributed by atoms with Crippen molar-refractivity contribution in [1.29, 1.82) is 0 Å². The Bertz CT molecular complexity index is 859. The Hall–Kier alpha value is -2.45. The van der Waals surface area contributed by atoms with Gasteiger partial charge in [0.1, 0.15) is 0 Å². The maximum absolute atomic E-state index is 12.9. The molecular formula is C23H32N4O4. The second-order valence-corrected chi connectivity index (χ2v) is 9.22. The van der Waals surface area contributed by atoms with E-state index in [0.717, 1.165) is 44.6 Å². The number of anilines is 2. The highest BCUT2D eigenvalue weighted by molar-refractivity contribution is 5.98. The number of amides is 2. The number of hydrogen-bond donors (Lipinski definition) is 2. The van der Waals surface area contributed by atoms with Crippen LogP contribution in [0.1, 0.15) is 32.6 Å². The highest BCUT2D eigenvalue weighted by Crippen LogP contribution is 2.49. The third-order valence-corrected chi connectivity index (χ3v) is 7.35. The molecule has 1 saturated carbocycles. The molecule has 8 heteroatoms. The Morgan fingerprint density at radius 1 is 1.29 bits per heavy atom. The van der Waals surface area contributed by atoms with Crippen molar-refractivity contribution in [2.24, 2.45) is 23.0 Å². The molecule has 1 aromatic carbocycles. The molecule has 31 heavy (non-hydrogen) atoms. The molecule has 3 aliphatic rings. The van der Waals surface area contributed by atoms with E-state index in [2.05, 4.69) is 10.2 Å². The Kier molecular flexibility index (Phi) is 6.03. The molecule has 1 aliphatic carbocycles. The summed E-state index contributed by atoms with van der Waals surface area (Å²) in [5.41, 5.74) is 6.89. The minimum atomic E-state index is -0.574. The monoisotopic (exact) mass is 428 g/mol. The second kappa shape index (κ2) is 8.59. The number of nitrogens with zero attached hydrogens (tertiary/aromatic N) is 2.